The van der Waals surface area contributed by atoms with Gasteiger partial charge in [0.15, 0.2) is 5.71 Å². The van der Waals surface area contributed by atoms with Crippen molar-refractivity contribution in [2.75, 3.05) is 0 Å². The molecule has 32 heavy (non-hydrogen) atoms. The molecule has 0 unspecified atom stereocenters. The fourth-order valence-electron chi connectivity index (χ4n) is 2.90. The van der Waals surface area contributed by atoms with Crippen molar-refractivity contribution in [3.05, 3.63) is 99.1 Å². The van der Waals surface area contributed by atoms with Crippen LogP contribution in [0.2, 0.25) is 0 Å². The minimum Gasteiger partial charge on any atom is -0.318 e. The number of carbonyl (C=O) groups excluding carboxylic acids is 2. The summed E-state index contributed by atoms with van der Waals surface area (Å²) in [4.78, 5) is 41.3. The van der Waals surface area contributed by atoms with E-state index >= 15 is 0 Å². The third kappa shape index (κ3) is 5.67. The quantitative estimate of drug-likeness (QED) is 0.155. The van der Waals surface area contributed by atoms with Crippen LogP contribution in [0.5, 0.6) is 0 Å². The summed E-state index contributed by atoms with van der Waals surface area (Å²) in [6, 6.07) is 18.8. The highest BCUT2D eigenvalue weighted by Crippen LogP contribution is 2.29. The van der Waals surface area contributed by atoms with Crippen molar-refractivity contribution >= 4 is 34.9 Å². The monoisotopic (exact) mass is 448 g/mol. The van der Waals surface area contributed by atoms with E-state index in [4.69, 9.17) is 4.84 Å². The van der Waals surface area contributed by atoms with Crippen LogP contribution in [0.1, 0.15) is 34.0 Å². The molecule has 0 aliphatic carbocycles. The predicted molar refractivity (Wildman–Crippen MR) is 122 cm³/mol. The van der Waals surface area contributed by atoms with Crippen LogP contribution in [0.4, 0.5) is 5.69 Å². The van der Waals surface area contributed by atoms with E-state index in [9.17, 15) is 19.7 Å². The minimum absolute atomic E-state index is 0.0290. The lowest BCUT2D eigenvalue weighted by Crippen LogP contribution is -2.18. The fraction of sp³-hybridized carbons (Fsp3) is 0.125. The number of hydrogen-bond donors (Lipinski definition) is 0. The van der Waals surface area contributed by atoms with Crippen molar-refractivity contribution < 1.29 is 19.3 Å². The molecule has 0 spiro atoms. The molecule has 3 aromatic rings. The SMILES string of the molecule is CC(=O)ON=C(C(=O)c1ccc(Sc2ccc([N+](=O)[O-])cc2)cc1)c1cc(C)ccc1C. The molecule has 0 heterocycles. The number of nitrogens with zero attached hydrogens (tertiary/aromatic N) is 2. The van der Waals surface area contributed by atoms with Gasteiger partial charge in [0.2, 0.25) is 5.78 Å². The number of nitro groups is 1. The second-order valence-corrected chi connectivity index (χ2v) is 8.19. The van der Waals surface area contributed by atoms with Gasteiger partial charge in [0.25, 0.3) is 5.69 Å². The summed E-state index contributed by atoms with van der Waals surface area (Å²) in [6.07, 6.45) is 0. The smallest absolute Gasteiger partial charge is 0.318 e. The number of nitro benzene ring substituents is 1. The predicted octanol–water partition coefficient (Wildman–Crippen LogP) is 5.51. The zero-order valence-corrected chi connectivity index (χ0v) is 18.5. The molecule has 3 rings (SSSR count). The van der Waals surface area contributed by atoms with E-state index < -0.39 is 10.9 Å². The molecule has 0 fully saturated rings. The van der Waals surface area contributed by atoms with Crippen LogP contribution in [-0.2, 0) is 9.63 Å². The molecule has 0 aliphatic heterocycles. The van der Waals surface area contributed by atoms with Gasteiger partial charge in [0, 0.05) is 40.0 Å². The Balaban J connectivity index is 1.85. The second kappa shape index (κ2) is 10.0. The Labute approximate surface area is 189 Å². The standard InChI is InChI=1S/C24H20N2O5S/c1-15-4-5-16(2)22(14-15)23(25-31-17(3)27)24(28)18-6-10-20(11-7-18)32-21-12-8-19(9-13-21)26(29)30/h4-14H,1-3H3. The molecular formula is C24H20N2O5S. The number of carbonyl (C=O) groups is 2. The lowest BCUT2D eigenvalue weighted by molar-refractivity contribution is -0.384. The maximum atomic E-state index is 13.2. The summed E-state index contributed by atoms with van der Waals surface area (Å²) in [5.41, 5.74) is 2.85. The number of rotatable bonds is 7. The van der Waals surface area contributed by atoms with E-state index in [2.05, 4.69) is 5.16 Å². The Hall–Kier alpha value is -3.78. The van der Waals surface area contributed by atoms with Gasteiger partial charge in [-0.25, -0.2) is 4.79 Å². The number of aryl methyl sites for hydroxylation is 2. The summed E-state index contributed by atoms with van der Waals surface area (Å²) >= 11 is 1.42. The van der Waals surface area contributed by atoms with Crippen LogP contribution in [0, 0.1) is 24.0 Å². The molecule has 162 valence electrons. The Morgan fingerprint density at radius 3 is 2.09 bits per heavy atom. The summed E-state index contributed by atoms with van der Waals surface area (Å²) in [5.74, 6) is -0.984. The molecule has 7 nitrogen and oxygen atoms in total. The summed E-state index contributed by atoms with van der Waals surface area (Å²) < 4.78 is 0. The van der Waals surface area contributed by atoms with Gasteiger partial charge in [-0.3, -0.25) is 14.9 Å². The van der Waals surface area contributed by atoms with Gasteiger partial charge in [-0.1, -0.05) is 34.6 Å². The number of benzene rings is 3. The van der Waals surface area contributed by atoms with Crippen molar-refractivity contribution in [3.63, 3.8) is 0 Å². The zero-order valence-electron chi connectivity index (χ0n) is 17.7. The Morgan fingerprint density at radius 2 is 1.53 bits per heavy atom. The summed E-state index contributed by atoms with van der Waals surface area (Å²) in [7, 11) is 0. The maximum absolute atomic E-state index is 13.2. The molecule has 3 aromatic carbocycles. The van der Waals surface area contributed by atoms with Crippen molar-refractivity contribution in [3.8, 4) is 0 Å². The molecule has 0 saturated carbocycles. The number of ketones is 1. The molecular weight excluding hydrogens is 428 g/mol. The average molecular weight is 449 g/mol. The van der Waals surface area contributed by atoms with Gasteiger partial charge in [-0.2, -0.15) is 0 Å². The molecule has 0 aromatic heterocycles. The highest BCUT2D eigenvalue weighted by atomic mass is 32.2. The van der Waals surface area contributed by atoms with Gasteiger partial charge in [-0.15, -0.1) is 0 Å². The Kier molecular flexibility index (Phi) is 7.17. The molecule has 0 bridgehead atoms. The maximum Gasteiger partial charge on any atom is 0.332 e. The van der Waals surface area contributed by atoms with Crippen LogP contribution in [0.3, 0.4) is 0 Å². The first-order valence-electron chi connectivity index (χ1n) is 9.65. The van der Waals surface area contributed by atoms with Crippen LogP contribution in [-0.4, -0.2) is 22.4 Å². The van der Waals surface area contributed by atoms with E-state index in [1.165, 1.54) is 30.8 Å². The number of Topliss-reactive ketones (excluding diaryl/α,β-unsaturated/α-hetero) is 1. The number of oxime groups is 1. The topological polar surface area (TPSA) is 98.9 Å². The van der Waals surface area contributed by atoms with Crippen molar-refractivity contribution in [2.45, 2.75) is 30.6 Å². The number of hydrogen-bond acceptors (Lipinski definition) is 7. The van der Waals surface area contributed by atoms with E-state index in [1.54, 1.807) is 36.4 Å². The van der Waals surface area contributed by atoms with Crippen LogP contribution >= 0.6 is 11.8 Å². The van der Waals surface area contributed by atoms with Crippen LogP contribution in [0.25, 0.3) is 0 Å². The molecule has 0 amide bonds. The van der Waals surface area contributed by atoms with Gasteiger partial charge in [0.05, 0.1) is 4.92 Å². The van der Waals surface area contributed by atoms with E-state index in [0.29, 0.717) is 11.1 Å². The van der Waals surface area contributed by atoms with E-state index in [1.807, 2.05) is 32.0 Å². The Bertz CT molecular complexity index is 1200. The molecule has 8 heteroatoms. The first-order valence-corrected chi connectivity index (χ1v) is 10.5. The molecule has 0 aliphatic rings. The fourth-order valence-corrected chi connectivity index (χ4v) is 3.71. The summed E-state index contributed by atoms with van der Waals surface area (Å²) in [5, 5.41) is 14.6. The van der Waals surface area contributed by atoms with Crippen molar-refractivity contribution in [1.82, 2.24) is 0 Å². The van der Waals surface area contributed by atoms with Gasteiger partial charge in [0.1, 0.15) is 0 Å². The first-order chi connectivity index (χ1) is 15.2. The minimum atomic E-state index is -0.615. The molecule has 0 radical (unpaired) electrons. The van der Waals surface area contributed by atoms with Crippen LogP contribution < -0.4 is 0 Å². The highest BCUT2D eigenvalue weighted by Gasteiger charge is 2.20. The second-order valence-electron chi connectivity index (χ2n) is 7.05. The Morgan fingerprint density at radius 1 is 0.938 bits per heavy atom. The zero-order chi connectivity index (χ0) is 23.3. The first kappa shape index (κ1) is 22.9. The van der Waals surface area contributed by atoms with Gasteiger partial charge < -0.3 is 4.84 Å². The van der Waals surface area contributed by atoms with Gasteiger partial charge >= 0.3 is 5.97 Å². The molecule has 0 saturated heterocycles. The molecule has 0 N–H and O–H groups in total. The highest BCUT2D eigenvalue weighted by molar-refractivity contribution is 7.99. The summed E-state index contributed by atoms with van der Waals surface area (Å²) in [6.45, 7) is 4.98. The molecule has 0 atom stereocenters. The van der Waals surface area contributed by atoms with Crippen molar-refractivity contribution in [2.24, 2.45) is 5.16 Å². The van der Waals surface area contributed by atoms with Crippen molar-refractivity contribution in [1.29, 1.82) is 0 Å². The van der Waals surface area contributed by atoms with E-state index in [-0.39, 0.29) is 17.2 Å². The normalized spacial score (nSPS) is 11.2. The lowest BCUT2D eigenvalue weighted by Gasteiger charge is -2.10. The average Bonchev–Trinajstić information content (AvgIpc) is 2.76. The largest absolute Gasteiger partial charge is 0.332 e. The lowest BCUT2D eigenvalue weighted by atomic mass is 9.96. The third-order valence-electron chi connectivity index (χ3n) is 4.53. The van der Waals surface area contributed by atoms with E-state index in [0.717, 1.165) is 20.9 Å². The number of non-ortho nitro benzene ring substituents is 1. The third-order valence-corrected chi connectivity index (χ3v) is 5.54. The van der Waals surface area contributed by atoms with Gasteiger partial charge in [-0.05, 0) is 61.9 Å². The van der Waals surface area contributed by atoms with Crippen LogP contribution in [0.15, 0.2) is 81.7 Å².